The van der Waals surface area contributed by atoms with Crippen molar-refractivity contribution >= 4 is 11.5 Å². The van der Waals surface area contributed by atoms with Gasteiger partial charge < -0.3 is 10.6 Å². The van der Waals surface area contributed by atoms with E-state index in [1.165, 1.54) is 6.07 Å². The third-order valence-corrected chi connectivity index (χ3v) is 2.64. The number of benzene rings is 1. The van der Waals surface area contributed by atoms with Crippen LogP contribution in [-0.2, 0) is 6.54 Å². The van der Waals surface area contributed by atoms with E-state index in [-0.39, 0.29) is 5.82 Å². The Kier molecular flexibility index (Phi) is 2.99. The first-order valence-electron chi connectivity index (χ1n) is 5.33. The first-order chi connectivity index (χ1) is 8.06. The second-order valence-corrected chi connectivity index (χ2v) is 4.11. The van der Waals surface area contributed by atoms with E-state index in [9.17, 15) is 4.39 Å². The highest BCUT2D eigenvalue weighted by Crippen LogP contribution is 2.18. The Morgan fingerprint density at radius 3 is 2.76 bits per heavy atom. The van der Waals surface area contributed by atoms with Crippen LogP contribution < -0.4 is 10.6 Å². The summed E-state index contributed by atoms with van der Waals surface area (Å²) in [5, 5.41) is 6.70. The molecule has 2 aromatic rings. The molecule has 0 bridgehead atoms. The van der Waals surface area contributed by atoms with Crippen LogP contribution in [0.25, 0.3) is 0 Å². The second kappa shape index (κ2) is 4.45. The lowest BCUT2D eigenvalue weighted by Gasteiger charge is -2.18. The van der Waals surface area contributed by atoms with Gasteiger partial charge in [-0.15, -0.1) is 0 Å². The zero-order valence-electron chi connectivity index (χ0n) is 9.87. The van der Waals surface area contributed by atoms with E-state index in [0.717, 1.165) is 11.4 Å². The molecule has 0 radical (unpaired) electrons. The van der Waals surface area contributed by atoms with E-state index in [0.29, 0.717) is 17.9 Å². The van der Waals surface area contributed by atoms with Crippen LogP contribution in [-0.4, -0.2) is 17.2 Å². The smallest absolute Gasteiger partial charge is 0.145 e. The molecule has 0 aliphatic rings. The van der Waals surface area contributed by atoms with Gasteiger partial charge in [-0.05, 0) is 30.7 Å². The highest BCUT2D eigenvalue weighted by atomic mass is 19.1. The van der Waals surface area contributed by atoms with Crippen LogP contribution in [0.5, 0.6) is 0 Å². The largest absolute Gasteiger partial charge is 0.382 e. The zero-order valence-corrected chi connectivity index (χ0v) is 9.87. The predicted octanol–water partition coefficient (Wildman–Crippen LogP) is 2.08. The first kappa shape index (κ1) is 11.4. The standard InChI is InChI=1S/C12H15FN4/c1-8-5-10(3-4-11(8)13)17(2)7-9-6-12(14)16-15-9/h3-6H,7H2,1-2H3,(H3,14,15,16). The van der Waals surface area contributed by atoms with Gasteiger partial charge in [0.1, 0.15) is 11.6 Å². The Hall–Kier alpha value is -2.04. The summed E-state index contributed by atoms with van der Waals surface area (Å²) >= 11 is 0. The summed E-state index contributed by atoms with van der Waals surface area (Å²) in [6, 6.07) is 6.83. The summed E-state index contributed by atoms with van der Waals surface area (Å²) in [5.74, 6) is 0.289. The summed E-state index contributed by atoms with van der Waals surface area (Å²) < 4.78 is 13.1. The molecule has 1 aromatic carbocycles. The van der Waals surface area contributed by atoms with Gasteiger partial charge in [0, 0.05) is 18.8 Å². The average Bonchev–Trinajstić information content (AvgIpc) is 2.68. The lowest BCUT2D eigenvalue weighted by Crippen LogP contribution is -2.16. The molecular weight excluding hydrogens is 219 g/mol. The van der Waals surface area contributed by atoms with E-state index in [1.807, 2.05) is 18.0 Å². The molecule has 0 fully saturated rings. The SMILES string of the molecule is Cc1cc(N(C)Cc2cc(N)n[nH]2)ccc1F. The van der Waals surface area contributed by atoms with Crippen molar-refractivity contribution in [3.8, 4) is 0 Å². The maximum atomic E-state index is 13.1. The topological polar surface area (TPSA) is 57.9 Å². The molecule has 0 amide bonds. The second-order valence-electron chi connectivity index (χ2n) is 4.11. The van der Waals surface area contributed by atoms with Gasteiger partial charge in [0.15, 0.2) is 0 Å². The number of nitrogens with two attached hydrogens (primary N) is 1. The highest BCUT2D eigenvalue weighted by molar-refractivity contribution is 5.48. The van der Waals surface area contributed by atoms with Crippen LogP contribution in [0.2, 0.25) is 0 Å². The monoisotopic (exact) mass is 234 g/mol. The fourth-order valence-corrected chi connectivity index (χ4v) is 1.67. The Balaban J connectivity index is 2.14. The summed E-state index contributed by atoms with van der Waals surface area (Å²) in [6.45, 7) is 2.40. The number of aromatic nitrogens is 2. The number of rotatable bonds is 3. The number of nitrogens with zero attached hydrogens (tertiary/aromatic N) is 2. The van der Waals surface area contributed by atoms with E-state index < -0.39 is 0 Å². The molecule has 5 heteroatoms. The minimum Gasteiger partial charge on any atom is -0.382 e. The number of anilines is 2. The number of hydrogen-bond donors (Lipinski definition) is 2. The molecule has 1 aromatic heterocycles. The number of halogens is 1. The van der Waals surface area contributed by atoms with Gasteiger partial charge in [0.25, 0.3) is 0 Å². The van der Waals surface area contributed by atoms with Crippen molar-refractivity contribution in [2.45, 2.75) is 13.5 Å². The summed E-state index contributed by atoms with van der Waals surface area (Å²) in [7, 11) is 1.93. The minimum absolute atomic E-state index is 0.187. The lowest BCUT2D eigenvalue weighted by molar-refractivity contribution is 0.618. The van der Waals surface area contributed by atoms with Crippen molar-refractivity contribution in [3.05, 3.63) is 41.3 Å². The number of aryl methyl sites for hydroxylation is 1. The van der Waals surface area contributed by atoms with Gasteiger partial charge in [-0.25, -0.2) is 4.39 Å². The summed E-state index contributed by atoms with van der Waals surface area (Å²) in [5.41, 5.74) is 8.04. The lowest BCUT2D eigenvalue weighted by atomic mass is 10.2. The maximum Gasteiger partial charge on any atom is 0.145 e. The molecule has 0 aliphatic carbocycles. The van der Waals surface area contributed by atoms with Crippen LogP contribution in [0.4, 0.5) is 15.9 Å². The van der Waals surface area contributed by atoms with Crippen LogP contribution in [0.1, 0.15) is 11.3 Å². The van der Waals surface area contributed by atoms with Gasteiger partial charge >= 0.3 is 0 Å². The predicted molar refractivity (Wildman–Crippen MR) is 66.2 cm³/mol. The van der Waals surface area contributed by atoms with Gasteiger partial charge in [0.2, 0.25) is 0 Å². The fourth-order valence-electron chi connectivity index (χ4n) is 1.67. The molecule has 17 heavy (non-hydrogen) atoms. The molecule has 0 aliphatic heterocycles. The Morgan fingerprint density at radius 2 is 2.18 bits per heavy atom. The third-order valence-electron chi connectivity index (χ3n) is 2.64. The molecule has 2 rings (SSSR count). The highest BCUT2D eigenvalue weighted by Gasteiger charge is 2.06. The number of aromatic amines is 1. The Morgan fingerprint density at radius 1 is 1.41 bits per heavy atom. The number of nitrogens with one attached hydrogen (secondary N) is 1. The van der Waals surface area contributed by atoms with E-state index in [4.69, 9.17) is 5.73 Å². The molecular formula is C12H15FN4. The quantitative estimate of drug-likeness (QED) is 0.854. The molecule has 0 saturated carbocycles. The van der Waals surface area contributed by atoms with Gasteiger partial charge in [-0.3, -0.25) is 5.10 Å². The minimum atomic E-state index is -0.187. The van der Waals surface area contributed by atoms with Crippen molar-refractivity contribution in [1.82, 2.24) is 10.2 Å². The van der Waals surface area contributed by atoms with E-state index in [1.54, 1.807) is 19.1 Å². The zero-order chi connectivity index (χ0) is 12.4. The molecule has 0 unspecified atom stereocenters. The molecule has 90 valence electrons. The normalized spacial score (nSPS) is 10.5. The number of H-pyrrole nitrogens is 1. The molecule has 0 atom stereocenters. The van der Waals surface area contributed by atoms with Crippen LogP contribution in [0.3, 0.4) is 0 Å². The first-order valence-corrected chi connectivity index (χ1v) is 5.33. The molecule has 3 N–H and O–H groups in total. The Labute approximate surface area is 99.2 Å². The summed E-state index contributed by atoms with van der Waals surface area (Å²) in [4.78, 5) is 2.00. The van der Waals surface area contributed by atoms with Gasteiger partial charge in [0.05, 0.1) is 12.2 Å². The number of nitrogen functional groups attached to an aromatic ring is 1. The molecule has 0 saturated heterocycles. The maximum absolute atomic E-state index is 13.1. The fraction of sp³-hybridized carbons (Fsp3) is 0.250. The van der Waals surface area contributed by atoms with Crippen molar-refractivity contribution in [1.29, 1.82) is 0 Å². The molecule has 1 heterocycles. The number of hydrogen-bond acceptors (Lipinski definition) is 3. The van der Waals surface area contributed by atoms with Gasteiger partial charge in [-0.2, -0.15) is 5.10 Å². The van der Waals surface area contributed by atoms with Crippen LogP contribution in [0, 0.1) is 12.7 Å². The van der Waals surface area contributed by atoms with Crippen molar-refractivity contribution in [3.63, 3.8) is 0 Å². The van der Waals surface area contributed by atoms with E-state index in [2.05, 4.69) is 10.2 Å². The average molecular weight is 234 g/mol. The van der Waals surface area contributed by atoms with Crippen LogP contribution >= 0.6 is 0 Å². The van der Waals surface area contributed by atoms with Gasteiger partial charge in [-0.1, -0.05) is 0 Å². The third kappa shape index (κ3) is 2.55. The van der Waals surface area contributed by atoms with Crippen LogP contribution in [0.15, 0.2) is 24.3 Å². The molecule has 4 nitrogen and oxygen atoms in total. The van der Waals surface area contributed by atoms with Crippen molar-refractivity contribution in [2.75, 3.05) is 17.7 Å². The molecule has 0 spiro atoms. The Bertz CT molecular complexity index is 521. The summed E-state index contributed by atoms with van der Waals surface area (Å²) in [6.07, 6.45) is 0. The van der Waals surface area contributed by atoms with Crippen molar-refractivity contribution < 1.29 is 4.39 Å². The van der Waals surface area contributed by atoms with E-state index >= 15 is 0 Å². The van der Waals surface area contributed by atoms with Crippen molar-refractivity contribution in [2.24, 2.45) is 0 Å².